The van der Waals surface area contributed by atoms with Crippen molar-refractivity contribution in [2.24, 2.45) is 5.73 Å². The van der Waals surface area contributed by atoms with Crippen molar-refractivity contribution in [2.45, 2.75) is 38.2 Å². The van der Waals surface area contributed by atoms with Crippen LogP contribution in [0.5, 0.6) is 5.88 Å². The Labute approximate surface area is 154 Å². The summed E-state index contributed by atoms with van der Waals surface area (Å²) >= 11 is 0. The maximum Gasteiger partial charge on any atom is 0.269 e. The number of hydrogen-bond acceptors (Lipinski definition) is 3. The zero-order valence-electron chi connectivity index (χ0n) is 14.8. The van der Waals surface area contributed by atoms with Crippen LogP contribution in [0.25, 0.3) is 11.1 Å². The summed E-state index contributed by atoms with van der Waals surface area (Å²) in [5, 5.41) is 0. The number of amides is 1. The third-order valence-corrected chi connectivity index (χ3v) is 4.55. The Hall–Kier alpha value is -2.83. The molecule has 0 saturated heterocycles. The highest BCUT2D eigenvalue weighted by molar-refractivity contribution is 5.93. The van der Waals surface area contributed by atoms with Gasteiger partial charge in [0.15, 0.2) is 0 Å². The number of halogens is 3. The molecule has 1 aromatic carbocycles. The van der Waals surface area contributed by atoms with Gasteiger partial charge < -0.3 is 10.5 Å². The van der Waals surface area contributed by atoms with E-state index in [2.05, 4.69) is 11.6 Å². The Morgan fingerprint density at radius 2 is 2.15 bits per heavy atom. The largest absolute Gasteiger partial charge is 0.474 e. The van der Waals surface area contributed by atoms with Crippen LogP contribution in [0.4, 0.5) is 13.2 Å². The summed E-state index contributed by atoms with van der Waals surface area (Å²) < 4.78 is 47.3. The molecule has 0 radical (unpaired) electrons. The molecule has 0 bridgehead atoms. The highest BCUT2D eigenvalue weighted by atomic mass is 19.3. The van der Waals surface area contributed by atoms with Gasteiger partial charge in [-0.15, -0.1) is 0 Å². The van der Waals surface area contributed by atoms with Gasteiger partial charge in [0.1, 0.15) is 17.6 Å². The smallest absolute Gasteiger partial charge is 0.269 e. The van der Waals surface area contributed by atoms with Crippen molar-refractivity contribution in [3.8, 4) is 17.0 Å². The monoisotopic (exact) mass is 376 g/mol. The van der Waals surface area contributed by atoms with E-state index in [1.807, 2.05) is 0 Å². The number of nitrogens with zero attached hydrogens (tertiary/aromatic N) is 1. The first kappa shape index (κ1) is 18.9. The predicted octanol–water partition coefficient (Wildman–Crippen LogP) is 4.20. The third-order valence-electron chi connectivity index (χ3n) is 4.55. The van der Waals surface area contributed by atoms with Crippen LogP contribution in [0.1, 0.15) is 34.5 Å². The minimum Gasteiger partial charge on any atom is -0.474 e. The zero-order valence-corrected chi connectivity index (χ0v) is 14.8. The number of fused-ring (bicyclic) bond motifs is 1. The van der Waals surface area contributed by atoms with Crippen molar-refractivity contribution in [3.63, 3.8) is 0 Å². The SMILES string of the molecule is C=CC(F)(F)C[C@@H]1CCc2c(-c3ccc(C)cc3F)cc(C(N)=O)nc2O1. The Morgan fingerprint density at radius 3 is 2.78 bits per heavy atom. The van der Waals surface area contributed by atoms with Gasteiger partial charge in [-0.1, -0.05) is 18.7 Å². The molecule has 1 atom stereocenters. The number of aromatic nitrogens is 1. The molecule has 4 nitrogen and oxygen atoms in total. The standard InChI is InChI=1S/C20H19F3N2O2/c1-3-20(22,23)10-12-5-7-14-15(13-6-4-11(2)8-16(13)21)9-17(18(24)26)25-19(14)27-12/h3-4,6,8-9,12H,1,5,7,10H2,2H3,(H2,24,26)/t12-/m0/s1. The van der Waals surface area contributed by atoms with Crippen LogP contribution in [-0.2, 0) is 6.42 Å². The molecule has 3 rings (SSSR count). The highest BCUT2D eigenvalue weighted by Crippen LogP contribution is 2.38. The highest BCUT2D eigenvalue weighted by Gasteiger charge is 2.34. The molecule has 2 aromatic rings. The van der Waals surface area contributed by atoms with Gasteiger partial charge in [-0.2, -0.15) is 0 Å². The molecule has 1 aliphatic rings. The molecule has 27 heavy (non-hydrogen) atoms. The molecule has 2 heterocycles. The van der Waals surface area contributed by atoms with E-state index in [1.165, 1.54) is 12.1 Å². The van der Waals surface area contributed by atoms with Crippen molar-refractivity contribution in [1.29, 1.82) is 0 Å². The quantitative estimate of drug-likeness (QED) is 0.796. The second-order valence-corrected chi connectivity index (χ2v) is 6.63. The summed E-state index contributed by atoms with van der Waals surface area (Å²) in [6.07, 6.45) is -0.0909. The molecule has 1 amide bonds. The van der Waals surface area contributed by atoms with Crippen LogP contribution < -0.4 is 10.5 Å². The van der Waals surface area contributed by atoms with E-state index < -0.39 is 30.2 Å². The number of aryl methyl sites for hydroxylation is 1. The van der Waals surface area contributed by atoms with E-state index >= 15 is 0 Å². The topological polar surface area (TPSA) is 65.2 Å². The van der Waals surface area contributed by atoms with Gasteiger partial charge in [0.05, 0.1) is 6.42 Å². The van der Waals surface area contributed by atoms with Gasteiger partial charge in [0.25, 0.3) is 11.8 Å². The second kappa shape index (κ2) is 7.06. The Kier molecular flexibility index (Phi) is 4.95. The van der Waals surface area contributed by atoms with Gasteiger partial charge in [-0.3, -0.25) is 4.79 Å². The number of nitrogens with two attached hydrogens (primary N) is 1. The van der Waals surface area contributed by atoms with E-state index in [9.17, 15) is 18.0 Å². The predicted molar refractivity (Wildman–Crippen MR) is 95.4 cm³/mol. The van der Waals surface area contributed by atoms with Crippen molar-refractivity contribution in [2.75, 3.05) is 0 Å². The number of hydrogen-bond donors (Lipinski definition) is 1. The van der Waals surface area contributed by atoms with Gasteiger partial charge in [0.2, 0.25) is 5.88 Å². The molecule has 0 saturated carbocycles. The van der Waals surface area contributed by atoms with Gasteiger partial charge in [-0.25, -0.2) is 18.2 Å². The first-order valence-corrected chi connectivity index (χ1v) is 8.48. The summed E-state index contributed by atoms with van der Waals surface area (Å²) in [7, 11) is 0. The minimum absolute atomic E-state index is 0.0392. The fraction of sp³-hybridized carbons (Fsp3) is 0.300. The van der Waals surface area contributed by atoms with Crippen molar-refractivity contribution < 1.29 is 22.7 Å². The number of ether oxygens (including phenoxy) is 1. The van der Waals surface area contributed by atoms with Crippen LogP contribution in [0.3, 0.4) is 0 Å². The molecule has 0 aliphatic carbocycles. The average molecular weight is 376 g/mol. The van der Waals surface area contributed by atoms with Crippen molar-refractivity contribution >= 4 is 5.91 Å². The lowest BCUT2D eigenvalue weighted by molar-refractivity contribution is -0.00101. The summed E-state index contributed by atoms with van der Waals surface area (Å²) in [5.74, 6) is -4.31. The van der Waals surface area contributed by atoms with Crippen LogP contribution in [0, 0.1) is 12.7 Å². The maximum absolute atomic E-state index is 14.5. The summed E-state index contributed by atoms with van der Waals surface area (Å²) in [6, 6.07) is 6.13. The molecule has 1 aliphatic heterocycles. The first-order valence-electron chi connectivity index (χ1n) is 8.48. The molecule has 0 fully saturated rings. The number of allylic oxidation sites excluding steroid dienone is 1. The van der Waals surface area contributed by atoms with Gasteiger partial charge >= 0.3 is 0 Å². The zero-order chi connectivity index (χ0) is 19.8. The molecule has 0 unspecified atom stereocenters. The number of pyridine rings is 1. The van der Waals surface area contributed by atoms with Crippen LogP contribution in [0.15, 0.2) is 36.9 Å². The van der Waals surface area contributed by atoms with Crippen LogP contribution >= 0.6 is 0 Å². The first-order chi connectivity index (χ1) is 12.7. The molecule has 1 aromatic heterocycles. The minimum atomic E-state index is -3.07. The fourth-order valence-corrected chi connectivity index (χ4v) is 3.15. The van der Waals surface area contributed by atoms with E-state index in [0.717, 1.165) is 5.56 Å². The lowest BCUT2D eigenvalue weighted by Gasteiger charge is -2.29. The molecule has 7 heteroatoms. The maximum atomic E-state index is 14.5. The number of carbonyl (C=O) groups is 1. The van der Waals surface area contributed by atoms with E-state index in [0.29, 0.717) is 30.0 Å². The van der Waals surface area contributed by atoms with Crippen LogP contribution in [-0.4, -0.2) is 22.9 Å². The number of primary amides is 1. The van der Waals surface area contributed by atoms with Gasteiger partial charge in [-0.05, 0) is 49.1 Å². The van der Waals surface area contributed by atoms with Crippen LogP contribution in [0.2, 0.25) is 0 Å². The summed E-state index contributed by atoms with van der Waals surface area (Å²) in [5.41, 5.74) is 7.25. The fourth-order valence-electron chi connectivity index (χ4n) is 3.15. The normalized spacial score (nSPS) is 16.4. The number of alkyl halides is 2. The molecular weight excluding hydrogens is 357 g/mol. The third kappa shape index (κ3) is 3.97. The Bertz CT molecular complexity index is 912. The average Bonchev–Trinajstić information content (AvgIpc) is 2.60. The Balaban J connectivity index is 2.06. The molecular formula is C20H19F3N2O2. The number of carbonyl (C=O) groups excluding carboxylic acids is 1. The summed E-state index contributed by atoms with van der Waals surface area (Å²) in [6.45, 7) is 4.89. The van der Waals surface area contributed by atoms with Crippen molar-refractivity contribution in [3.05, 3.63) is 59.6 Å². The van der Waals surface area contributed by atoms with Gasteiger partial charge in [0, 0.05) is 11.1 Å². The lowest BCUT2D eigenvalue weighted by atomic mass is 9.92. The van der Waals surface area contributed by atoms with E-state index in [1.54, 1.807) is 19.1 Å². The molecule has 0 spiro atoms. The Morgan fingerprint density at radius 1 is 1.41 bits per heavy atom. The number of benzene rings is 1. The second-order valence-electron chi connectivity index (χ2n) is 6.63. The lowest BCUT2D eigenvalue weighted by Crippen LogP contribution is -2.31. The number of rotatable bonds is 5. The van der Waals surface area contributed by atoms with E-state index in [-0.39, 0.29) is 17.1 Å². The molecule has 2 N–H and O–H groups in total. The van der Waals surface area contributed by atoms with Crippen molar-refractivity contribution in [1.82, 2.24) is 4.98 Å². The van der Waals surface area contributed by atoms with E-state index in [4.69, 9.17) is 10.5 Å². The summed E-state index contributed by atoms with van der Waals surface area (Å²) in [4.78, 5) is 15.7. The molecule has 142 valence electrons.